The molecular formula is C15H10O5. The second kappa shape index (κ2) is 4.38. The minimum absolute atomic E-state index is 0.0487. The molecule has 0 atom stereocenters. The molecule has 0 aliphatic rings. The lowest BCUT2D eigenvalue weighted by Crippen LogP contribution is -2.08. The first-order valence-corrected chi connectivity index (χ1v) is 5.92. The Labute approximate surface area is 113 Å². The van der Waals surface area contributed by atoms with Crippen LogP contribution in [0.3, 0.4) is 0 Å². The molecule has 0 unspecified atom stereocenters. The Morgan fingerprint density at radius 2 is 2.05 bits per heavy atom. The van der Waals surface area contributed by atoms with Crippen LogP contribution in [0.4, 0.5) is 0 Å². The third-order valence-electron chi connectivity index (χ3n) is 3.17. The smallest absolute Gasteiger partial charge is 0.196 e. The summed E-state index contributed by atoms with van der Waals surface area (Å²) < 4.78 is 10.9. The maximum atomic E-state index is 12.3. The zero-order chi connectivity index (χ0) is 14.3. The van der Waals surface area contributed by atoms with Crippen LogP contribution in [0.5, 0.6) is 5.75 Å². The van der Waals surface area contributed by atoms with E-state index in [-0.39, 0.29) is 33.5 Å². The molecule has 20 heavy (non-hydrogen) atoms. The number of benzene rings is 1. The molecule has 0 amide bonds. The van der Waals surface area contributed by atoms with Gasteiger partial charge in [0.25, 0.3) is 0 Å². The first-order valence-electron chi connectivity index (χ1n) is 5.92. The summed E-state index contributed by atoms with van der Waals surface area (Å²) in [5.74, 6) is 0.410. The average molecular weight is 270 g/mol. The molecule has 3 rings (SSSR count). The number of carbonyl (C=O) groups excluding carboxylic acids is 1. The predicted octanol–water partition coefficient (Wildman–Crippen LogP) is 2.88. The fraction of sp³-hybridized carbons (Fsp3) is 0.0667. The average Bonchev–Trinajstić information content (AvgIpc) is 2.96. The molecule has 0 spiro atoms. The van der Waals surface area contributed by atoms with Crippen LogP contribution in [0.25, 0.3) is 22.5 Å². The van der Waals surface area contributed by atoms with Gasteiger partial charge in [0.1, 0.15) is 5.75 Å². The Morgan fingerprint density at radius 3 is 2.70 bits per heavy atom. The standard InChI is InChI=1S/C15H10O5/c1-8-13(18)9-4-5-11(17)10(7-16)15(9)20-14(8)12-3-2-6-19-12/h2-7,17H,1H3. The molecule has 2 heterocycles. The van der Waals surface area contributed by atoms with Crippen molar-refractivity contribution in [1.82, 2.24) is 0 Å². The van der Waals surface area contributed by atoms with Crippen molar-refractivity contribution in [3.63, 3.8) is 0 Å². The van der Waals surface area contributed by atoms with E-state index in [1.807, 2.05) is 0 Å². The summed E-state index contributed by atoms with van der Waals surface area (Å²) in [6, 6.07) is 6.06. The highest BCUT2D eigenvalue weighted by Gasteiger charge is 2.18. The van der Waals surface area contributed by atoms with Gasteiger partial charge in [-0.15, -0.1) is 0 Å². The molecule has 0 fully saturated rings. The number of rotatable bonds is 2. The lowest BCUT2D eigenvalue weighted by Gasteiger charge is -2.07. The molecule has 0 saturated carbocycles. The maximum absolute atomic E-state index is 12.3. The molecule has 3 aromatic rings. The van der Waals surface area contributed by atoms with Gasteiger partial charge in [-0.05, 0) is 31.2 Å². The Bertz CT molecular complexity index is 856. The first kappa shape index (κ1) is 12.2. The quantitative estimate of drug-likeness (QED) is 0.724. The van der Waals surface area contributed by atoms with Crippen molar-refractivity contribution in [2.75, 3.05) is 0 Å². The minimum Gasteiger partial charge on any atom is -0.507 e. The number of phenols is 1. The van der Waals surface area contributed by atoms with Crippen molar-refractivity contribution in [3.8, 4) is 17.3 Å². The topological polar surface area (TPSA) is 80.7 Å². The Morgan fingerprint density at radius 1 is 1.25 bits per heavy atom. The van der Waals surface area contributed by atoms with Gasteiger partial charge in [-0.25, -0.2) is 0 Å². The number of hydrogen-bond acceptors (Lipinski definition) is 5. The third kappa shape index (κ3) is 1.64. The Kier molecular flexibility index (Phi) is 2.68. The van der Waals surface area contributed by atoms with Crippen LogP contribution in [-0.2, 0) is 0 Å². The van der Waals surface area contributed by atoms with E-state index in [4.69, 9.17) is 8.83 Å². The zero-order valence-corrected chi connectivity index (χ0v) is 10.5. The Hall–Kier alpha value is -2.82. The van der Waals surface area contributed by atoms with Gasteiger partial charge in [-0.2, -0.15) is 0 Å². The highest BCUT2D eigenvalue weighted by molar-refractivity contribution is 5.97. The van der Waals surface area contributed by atoms with Gasteiger partial charge >= 0.3 is 0 Å². The number of aldehydes is 1. The fourth-order valence-corrected chi connectivity index (χ4v) is 2.12. The summed E-state index contributed by atoms with van der Waals surface area (Å²) >= 11 is 0. The number of fused-ring (bicyclic) bond motifs is 1. The van der Waals surface area contributed by atoms with Gasteiger partial charge in [0.05, 0.1) is 17.2 Å². The van der Waals surface area contributed by atoms with Crippen LogP contribution in [0.2, 0.25) is 0 Å². The summed E-state index contributed by atoms with van der Waals surface area (Å²) in [7, 11) is 0. The molecule has 2 aromatic heterocycles. The van der Waals surface area contributed by atoms with Crippen LogP contribution in [0, 0.1) is 6.92 Å². The zero-order valence-electron chi connectivity index (χ0n) is 10.5. The first-order chi connectivity index (χ1) is 9.63. The molecule has 5 nitrogen and oxygen atoms in total. The molecule has 0 aliphatic carbocycles. The van der Waals surface area contributed by atoms with Crippen LogP contribution in [-0.4, -0.2) is 11.4 Å². The van der Waals surface area contributed by atoms with Crippen molar-refractivity contribution in [3.05, 3.63) is 51.9 Å². The SMILES string of the molecule is Cc1c(-c2ccco2)oc2c(C=O)c(O)ccc2c1=O. The second-order valence-electron chi connectivity index (χ2n) is 4.36. The second-order valence-corrected chi connectivity index (χ2v) is 4.36. The van der Waals surface area contributed by atoms with Gasteiger partial charge in [-0.3, -0.25) is 9.59 Å². The van der Waals surface area contributed by atoms with E-state index < -0.39 is 0 Å². The highest BCUT2D eigenvalue weighted by atomic mass is 16.4. The molecule has 0 radical (unpaired) electrons. The number of carbonyl (C=O) groups is 1. The van der Waals surface area contributed by atoms with Crippen LogP contribution >= 0.6 is 0 Å². The van der Waals surface area contributed by atoms with E-state index in [0.717, 1.165) is 0 Å². The van der Waals surface area contributed by atoms with Gasteiger partial charge in [0.15, 0.2) is 28.8 Å². The summed E-state index contributed by atoms with van der Waals surface area (Å²) in [6.07, 6.45) is 1.92. The summed E-state index contributed by atoms with van der Waals surface area (Å²) in [6.45, 7) is 1.62. The van der Waals surface area contributed by atoms with Gasteiger partial charge < -0.3 is 13.9 Å². The van der Waals surface area contributed by atoms with Crippen molar-refractivity contribution in [2.45, 2.75) is 6.92 Å². The number of furan rings is 1. The molecule has 1 N–H and O–H groups in total. The molecule has 0 bridgehead atoms. The van der Waals surface area contributed by atoms with Gasteiger partial charge in [0.2, 0.25) is 0 Å². The maximum Gasteiger partial charge on any atom is 0.196 e. The molecule has 0 saturated heterocycles. The summed E-state index contributed by atoms with van der Waals surface area (Å²) in [4.78, 5) is 23.4. The van der Waals surface area contributed by atoms with E-state index in [9.17, 15) is 14.7 Å². The predicted molar refractivity (Wildman–Crippen MR) is 72.0 cm³/mol. The lowest BCUT2D eigenvalue weighted by atomic mass is 10.1. The van der Waals surface area contributed by atoms with Crippen LogP contribution in [0.1, 0.15) is 15.9 Å². The molecule has 1 aromatic carbocycles. The normalized spacial score (nSPS) is 10.8. The fourth-order valence-electron chi connectivity index (χ4n) is 2.12. The van der Waals surface area contributed by atoms with E-state index in [0.29, 0.717) is 17.6 Å². The minimum atomic E-state index is -0.263. The van der Waals surface area contributed by atoms with Crippen LogP contribution < -0.4 is 5.43 Å². The third-order valence-corrected chi connectivity index (χ3v) is 3.17. The van der Waals surface area contributed by atoms with Crippen molar-refractivity contribution >= 4 is 17.3 Å². The van der Waals surface area contributed by atoms with Gasteiger partial charge in [0, 0.05) is 5.56 Å². The van der Waals surface area contributed by atoms with Gasteiger partial charge in [-0.1, -0.05) is 0 Å². The van der Waals surface area contributed by atoms with Crippen molar-refractivity contribution < 1.29 is 18.7 Å². The summed E-state index contributed by atoms with van der Waals surface area (Å²) in [5, 5.41) is 9.92. The molecular weight excluding hydrogens is 260 g/mol. The molecule has 5 heteroatoms. The van der Waals surface area contributed by atoms with Crippen molar-refractivity contribution in [1.29, 1.82) is 0 Å². The van der Waals surface area contributed by atoms with E-state index in [1.54, 1.807) is 19.1 Å². The molecule has 0 aliphatic heterocycles. The number of phenolic OH excluding ortho intramolecular Hbond substituents is 1. The van der Waals surface area contributed by atoms with E-state index in [2.05, 4.69) is 0 Å². The van der Waals surface area contributed by atoms with Crippen LogP contribution in [0.15, 0.2) is 44.2 Å². The summed E-state index contributed by atoms with van der Waals surface area (Å²) in [5.41, 5.74) is 0.130. The largest absolute Gasteiger partial charge is 0.507 e. The Balaban J connectivity index is 2.48. The highest BCUT2D eigenvalue weighted by Crippen LogP contribution is 2.30. The monoisotopic (exact) mass is 270 g/mol. The lowest BCUT2D eigenvalue weighted by molar-refractivity contribution is 0.112. The molecule has 100 valence electrons. The van der Waals surface area contributed by atoms with Crippen molar-refractivity contribution in [2.24, 2.45) is 0 Å². The number of hydrogen-bond donors (Lipinski definition) is 1. The van der Waals surface area contributed by atoms with E-state index in [1.165, 1.54) is 18.4 Å². The van der Waals surface area contributed by atoms with E-state index >= 15 is 0 Å². The number of aromatic hydroxyl groups is 1.